The van der Waals surface area contributed by atoms with Gasteiger partial charge in [0.15, 0.2) is 3.92 Å². The SMILES string of the molecule is CCc1ccc(-c2sc(Br)nc2C)cc1. The summed E-state index contributed by atoms with van der Waals surface area (Å²) in [6, 6.07) is 8.71. The first-order chi connectivity index (χ1) is 7.20. The maximum Gasteiger partial charge on any atom is 0.159 e. The molecule has 0 N–H and O–H groups in total. The minimum Gasteiger partial charge on any atom is -0.234 e. The first kappa shape index (κ1) is 10.8. The van der Waals surface area contributed by atoms with Crippen molar-refractivity contribution in [3.8, 4) is 10.4 Å². The van der Waals surface area contributed by atoms with Gasteiger partial charge in [0, 0.05) is 0 Å². The molecule has 0 aliphatic rings. The van der Waals surface area contributed by atoms with Crippen molar-refractivity contribution in [3.05, 3.63) is 39.4 Å². The zero-order chi connectivity index (χ0) is 10.8. The normalized spacial score (nSPS) is 10.6. The largest absolute Gasteiger partial charge is 0.234 e. The van der Waals surface area contributed by atoms with E-state index in [-0.39, 0.29) is 0 Å². The molecule has 1 nitrogen and oxygen atoms in total. The summed E-state index contributed by atoms with van der Waals surface area (Å²) in [6.45, 7) is 4.22. The third kappa shape index (κ3) is 2.29. The van der Waals surface area contributed by atoms with Gasteiger partial charge in [-0.05, 0) is 40.4 Å². The van der Waals surface area contributed by atoms with Gasteiger partial charge in [0.1, 0.15) is 0 Å². The molecule has 1 heterocycles. The summed E-state index contributed by atoms with van der Waals surface area (Å²) in [6.07, 6.45) is 1.09. The Kier molecular flexibility index (Phi) is 3.22. The molecule has 0 amide bonds. The van der Waals surface area contributed by atoms with Crippen molar-refractivity contribution < 1.29 is 0 Å². The molecule has 1 aromatic carbocycles. The van der Waals surface area contributed by atoms with E-state index in [4.69, 9.17) is 0 Å². The lowest BCUT2D eigenvalue weighted by Gasteiger charge is -2.00. The smallest absolute Gasteiger partial charge is 0.159 e. The number of benzene rings is 1. The van der Waals surface area contributed by atoms with E-state index in [0.29, 0.717) is 0 Å². The van der Waals surface area contributed by atoms with Crippen molar-refractivity contribution in [2.75, 3.05) is 0 Å². The highest BCUT2D eigenvalue weighted by molar-refractivity contribution is 9.11. The summed E-state index contributed by atoms with van der Waals surface area (Å²) in [5.74, 6) is 0. The van der Waals surface area contributed by atoms with E-state index < -0.39 is 0 Å². The van der Waals surface area contributed by atoms with Crippen LogP contribution in [-0.2, 0) is 6.42 Å². The van der Waals surface area contributed by atoms with E-state index in [9.17, 15) is 0 Å². The molecule has 15 heavy (non-hydrogen) atoms. The molecule has 78 valence electrons. The Morgan fingerprint density at radius 2 is 1.93 bits per heavy atom. The molecule has 2 aromatic rings. The summed E-state index contributed by atoms with van der Waals surface area (Å²) in [5.41, 5.74) is 3.73. The summed E-state index contributed by atoms with van der Waals surface area (Å²) in [5, 5.41) is 0. The second kappa shape index (κ2) is 4.45. The summed E-state index contributed by atoms with van der Waals surface area (Å²) in [7, 11) is 0. The highest BCUT2D eigenvalue weighted by Gasteiger charge is 2.07. The summed E-state index contributed by atoms with van der Waals surface area (Å²) < 4.78 is 0.953. The lowest BCUT2D eigenvalue weighted by molar-refractivity contribution is 1.14. The Labute approximate surface area is 102 Å². The maximum atomic E-state index is 4.37. The van der Waals surface area contributed by atoms with Gasteiger partial charge in [-0.25, -0.2) is 4.98 Å². The molecule has 0 atom stereocenters. The zero-order valence-electron chi connectivity index (χ0n) is 8.75. The van der Waals surface area contributed by atoms with Crippen molar-refractivity contribution in [1.82, 2.24) is 4.98 Å². The van der Waals surface area contributed by atoms with E-state index in [2.05, 4.69) is 52.1 Å². The molecule has 2 rings (SSSR count). The lowest BCUT2D eigenvalue weighted by atomic mass is 10.1. The van der Waals surface area contributed by atoms with Crippen LogP contribution in [0.25, 0.3) is 10.4 Å². The zero-order valence-corrected chi connectivity index (χ0v) is 11.2. The van der Waals surface area contributed by atoms with Crippen molar-refractivity contribution >= 4 is 27.3 Å². The Morgan fingerprint density at radius 1 is 1.27 bits per heavy atom. The Bertz CT molecular complexity index is 459. The van der Waals surface area contributed by atoms with E-state index in [1.807, 2.05) is 6.92 Å². The molecule has 0 spiro atoms. The third-order valence-electron chi connectivity index (χ3n) is 2.39. The number of hydrogen-bond donors (Lipinski definition) is 0. The molecule has 0 radical (unpaired) electrons. The fourth-order valence-electron chi connectivity index (χ4n) is 1.52. The standard InChI is InChI=1S/C12H12BrNS/c1-3-9-4-6-10(7-5-9)11-8(2)14-12(13)15-11/h4-7H,3H2,1-2H3. The van der Waals surface area contributed by atoms with Crippen LogP contribution in [0.3, 0.4) is 0 Å². The minimum atomic E-state index is 0.953. The molecule has 0 unspecified atom stereocenters. The highest BCUT2D eigenvalue weighted by atomic mass is 79.9. The van der Waals surface area contributed by atoms with Crippen LogP contribution in [-0.4, -0.2) is 4.98 Å². The monoisotopic (exact) mass is 281 g/mol. The number of hydrogen-bond acceptors (Lipinski definition) is 2. The van der Waals surface area contributed by atoms with Crippen molar-refractivity contribution in [2.24, 2.45) is 0 Å². The van der Waals surface area contributed by atoms with Gasteiger partial charge in [-0.1, -0.05) is 31.2 Å². The van der Waals surface area contributed by atoms with Gasteiger partial charge in [-0.2, -0.15) is 0 Å². The van der Waals surface area contributed by atoms with Crippen LogP contribution in [0.2, 0.25) is 0 Å². The van der Waals surface area contributed by atoms with E-state index >= 15 is 0 Å². The van der Waals surface area contributed by atoms with Crippen molar-refractivity contribution in [2.45, 2.75) is 20.3 Å². The molecule has 0 fully saturated rings. The number of nitrogens with zero attached hydrogens (tertiary/aromatic N) is 1. The van der Waals surface area contributed by atoms with Crippen LogP contribution < -0.4 is 0 Å². The lowest BCUT2D eigenvalue weighted by Crippen LogP contribution is -1.81. The van der Waals surface area contributed by atoms with Gasteiger partial charge in [0.2, 0.25) is 0 Å². The molecule has 1 aromatic heterocycles. The fourth-order valence-corrected chi connectivity index (χ4v) is 3.07. The number of thiazole rings is 1. The number of aromatic nitrogens is 1. The van der Waals surface area contributed by atoms with Crippen LogP contribution >= 0.6 is 27.3 Å². The van der Waals surface area contributed by atoms with Crippen molar-refractivity contribution in [1.29, 1.82) is 0 Å². The first-order valence-corrected chi connectivity index (χ1v) is 6.54. The van der Waals surface area contributed by atoms with Gasteiger partial charge < -0.3 is 0 Å². The van der Waals surface area contributed by atoms with Gasteiger partial charge >= 0.3 is 0 Å². The van der Waals surface area contributed by atoms with Gasteiger partial charge in [0.25, 0.3) is 0 Å². The number of aryl methyl sites for hydroxylation is 2. The predicted molar refractivity (Wildman–Crippen MR) is 69.4 cm³/mol. The molecule has 0 aliphatic heterocycles. The average molecular weight is 282 g/mol. The molecule has 0 saturated heterocycles. The fraction of sp³-hybridized carbons (Fsp3) is 0.250. The first-order valence-electron chi connectivity index (χ1n) is 4.93. The number of rotatable bonds is 2. The van der Waals surface area contributed by atoms with Gasteiger partial charge in [0.05, 0.1) is 10.6 Å². The Hall–Kier alpha value is -0.670. The molecule has 3 heteroatoms. The average Bonchev–Trinajstić information content (AvgIpc) is 2.58. The molecule has 0 bridgehead atoms. The minimum absolute atomic E-state index is 0.953. The molecule has 0 saturated carbocycles. The Balaban J connectivity index is 2.41. The third-order valence-corrected chi connectivity index (χ3v) is 4.05. The van der Waals surface area contributed by atoms with Crippen LogP contribution in [0.5, 0.6) is 0 Å². The quantitative estimate of drug-likeness (QED) is 0.793. The summed E-state index contributed by atoms with van der Waals surface area (Å²) >= 11 is 5.10. The molecule has 0 aliphatic carbocycles. The van der Waals surface area contributed by atoms with Crippen LogP contribution in [0, 0.1) is 6.92 Å². The second-order valence-electron chi connectivity index (χ2n) is 3.43. The Morgan fingerprint density at radius 3 is 2.40 bits per heavy atom. The summed E-state index contributed by atoms with van der Waals surface area (Å²) in [4.78, 5) is 5.62. The van der Waals surface area contributed by atoms with Crippen molar-refractivity contribution in [3.63, 3.8) is 0 Å². The van der Waals surface area contributed by atoms with E-state index in [1.165, 1.54) is 16.0 Å². The van der Waals surface area contributed by atoms with Crippen LogP contribution in [0.1, 0.15) is 18.2 Å². The number of halogens is 1. The van der Waals surface area contributed by atoms with Crippen LogP contribution in [0.4, 0.5) is 0 Å². The molecular formula is C12H12BrNS. The van der Waals surface area contributed by atoms with E-state index in [0.717, 1.165) is 16.0 Å². The maximum absolute atomic E-state index is 4.37. The van der Waals surface area contributed by atoms with Crippen LogP contribution in [0.15, 0.2) is 28.2 Å². The highest BCUT2D eigenvalue weighted by Crippen LogP contribution is 2.32. The topological polar surface area (TPSA) is 12.9 Å². The van der Waals surface area contributed by atoms with E-state index in [1.54, 1.807) is 11.3 Å². The predicted octanol–water partition coefficient (Wildman–Crippen LogP) is 4.44. The molecular weight excluding hydrogens is 270 g/mol. The van der Waals surface area contributed by atoms with Gasteiger partial charge in [-0.3, -0.25) is 0 Å². The second-order valence-corrected chi connectivity index (χ2v) is 5.71. The van der Waals surface area contributed by atoms with Gasteiger partial charge in [-0.15, -0.1) is 11.3 Å².